The van der Waals surface area contributed by atoms with E-state index in [0.29, 0.717) is 0 Å². The molecule has 0 aliphatic heterocycles. The standard InChI is InChI=1S/C18H21N/c1-2-3-4-5-6-7-15-8-10-18-13-16(14-19)9-11-17(18)12-15/h8-13H,2-7H2,1H3. The fourth-order valence-electron chi connectivity index (χ4n) is 2.45. The zero-order chi connectivity index (χ0) is 13.5. The minimum atomic E-state index is 0.736. The van der Waals surface area contributed by atoms with Gasteiger partial charge in [-0.15, -0.1) is 0 Å². The first kappa shape index (κ1) is 13.6. The second kappa shape index (κ2) is 6.95. The third-order valence-corrected chi connectivity index (χ3v) is 3.60. The van der Waals surface area contributed by atoms with E-state index < -0.39 is 0 Å². The second-order valence-corrected chi connectivity index (χ2v) is 5.17. The van der Waals surface area contributed by atoms with E-state index in [1.165, 1.54) is 49.5 Å². The predicted molar refractivity (Wildman–Crippen MR) is 81.1 cm³/mol. The normalized spacial score (nSPS) is 10.5. The average Bonchev–Trinajstić information content (AvgIpc) is 2.46. The summed E-state index contributed by atoms with van der Waals surface area (Å²) in [4.78, 5) is 0. The lowest BCUT2D eigenvalue weighted by Crippen LogP contribution is -1.87. The van der Waals surface area contributed by atoms with Crippen LogP contribution in [0, 0.1) is 11.3 Å². The average molecular weight is 251 g/mol. The third kappa shape index (κ3) is 3.83. The molecule has 0 bridgehead atoms. The van der Waals surface area contributed by atoms with E-state index in [-0.39, 0.29) is 0 Å². The van der Waals surface area contributed by atoms with Crippen molar-refractivity contribution in [2.75, 3.05) is 0 Å². The number of nitrogens with zero attached hydrogens (tertiary/aromatic N) is 1. The zero-order valence-electron chi connectivity index (χ0n) is 11.7. The summed E-state index contributed by atoms with van der Waals surface area (Å²) in [5.41, 5.74) is 2.15. The van der Waals surface area contributed by atoms with Crippen LogP contribution < -0.4 is 0 Å². The summed E-state index contributed by atoms with van der Waals surface area (Å²) in [5, 5.41) is 11.3. The molecular formula is C18H21N. The first-order valence-corrected chi connectivity index (χ1v) is 7.26. The van der Waals surface area contributed by atoms with Gasteiger partial charge >= 0.3 is 0 Å². The summed E-state index contributed by atoms with van der Waals surface area (Å²) in [6.07, 6.45) is 7.79. The summed E-state index contributed by atoms with van der Waals surface area (Å²) in [6, 6.07) is 14.7. The molecule has 0 heterocycles. The van der Waals surface area contributed by atoms with Crippen molar-refractivity contribution in [3.63, 3.8) is 0 Å². The quantitative estimate of drug-likeness (QED) is 0.645. The van der Waals surface area contributed by atoms with Gasteiger partial charge < -0.3 is 0 Å². The van der Waals surface area contributed by atoms with Crippen LogP contribution in [-0.4, -0.2) is 0 Å². The van der Waals surface area contributed by atoms with Gasteiger partial charge in [0.2, 0.25) is 0 Å². The van der Waals surface area contributed by atoms with Crippen LogP contribution in [0.1, 0.15) is 50.2 Å². The van der Waals surface area contributed by atoms with Gasteiger partial charge in [-0.25, -0.2) is 0 Å². The highest BCUT2D eigenvalue weighted by molar-refractivity contribution is 5.84. The lowest BCUT2D eigenvalue weighted by molar-refractivity contribution is 0.632. The van der Waals surface area contributed by atoms with Crippen molar-refractivity contribution in [3.05, 3.63) is 47.5 Å². The Bertz CT molecular complexity index is 578. The van der Waals surface area contributed by atoms with Gasteiger partial charge in [0, 0.05) is 0 Å². The molecule has 0 spiro atoms. The van der Waals surface area contributed by atoms with Crippen LogP contribution in [0.15, 0.2) is 36.4 Å². The number of hydrogen-bond acceptors (Lipinski definition) is 1. The van der Waals surface area contributed by atoms with Crippen molar-refractivity contribution in [1.29, 1.82) is 5.26 Å². The maximum absolute atomic E-state index is 8.89. The molecule has 2 aromatic rings. The smallest absolute Gasteiger partial charge is 0.0991 e. The van der Waals surface area contributed by atoms with Crippen LogP contribution in [-0.2, 0) is 6.42 Å². The lowest BCUT2D eigenvalue weighted by Gasteiger charge is -2.04. The van der Waals surface area contributed by atoms with Crippen LogP contribution in [0.5, 0.6) is 0 Å². The summed E-state index contributed by atoms with van der Waals surface area (Å²) in [6.45, 7) is 2.25. The molecule has 0 radical (unpaired) electrons. The number of fused-ring (bicyclic) bond motifs is 1. The van der Waals surface area contributed by atoms with Crippen LogP contribution in [0.2, 0.25) is 0 Å². The van der Waals surface area contributed by atoms with Crippen molar-refractivity contribution in [3.8, 4) is 6.07 Å². The Morgan fingerprint density at radius 2 is 1.63 bits per heavy atom. The van der Waals surface area contributed by atoms with E-state index in [0.717, 1.165) is 10.9 Å². The van der Waals surface area contributed by atoms with Gasteiger partial charge in [-0.05, 0) is 41.3 Å². The minimum absolute atomic E-state index is 0.736. The molecule has 0 N–H and O–H groups in total. The molecule has 0 fully saturated rings. The van der Waals surface area contributed by atoms with Crippen LogP contribution in [0.3, 0.4) is 0 Å². The van der Waals surface area contributed by atoms with Gasteiger partial charge in [0.15, 0.2) is 0 Å². The molecular weight excluding hydrogens is 230 g/mol. The Balaban J connectivity index is 2.00. The van der Waals surface area contributed by atoms with Crippen LogP contribution in [0.4, 0.5) is 0 Å². The molecule has 0 amide bonds. The Hall–Kier alpha value is -1.81. The van der Waals surface area contributed by atoms with Crippen LogP contribution in [0.25, 0.3) is 10.8 Å². The van der Waals surface area contributed by atoms with Gasteiger partial charge in [-0.3, -0.25) is 0 Å². The monoisotopic (exact) mass is 251 g/mol. The number of unbranched alkanes of at least 4 members (excludes halogenated alkanes) is 4. The highest BCUT2D eigenvalue weighted by atomic mass is 14.2. The Morgan fingerprint density at radius 3 is 2.42 bits per heavy atom. The summed E-state index contributed by atoms with van der Waals surface area (Å²) >= 11 is 0. The highest BCUT2D eigenvalue weighted by Gasteiger charge is 1.99. The zero-order valence-corrected chi connectivity index (χ0v) is 11.7. The lowest BCUT2D eigenvalue weighted by atomic mass is 10.0. The predicted octanol–water partition coefficient (Wildman–Crippen LogP) is 5.22. The number of benzene rings is 2. The third-order valence-electron chi connectivity index (χ3n) is 3.60. The number of rotatable bonds is 6. The molecule has 1 heteroatoms. The molecule has 19 heavy (non-hydrogen) atoms. The number of hydrogen-bond donors (Lipinski definition) is 0. The van der Waals surface area contributed by atoms with E-state index in [4.69, 9.17) is 5.26 Å². The van der Waals surface area contributed by atoms with Crippen LogP contribution >= 0.6 is 0 Å². The van der Waals surface area contributed by atoms with Gasteiger partial charge in [0.25, 0.3) is 0 Å². The van der Waals surface area contributed by atoms with Gasteiger partial charge in [-0.2, -0.15) is 5.26 Å². The van der Waals surface area contributed by atoms with Gasteiger partial charge in [0.05, 0.1) is 11.6 Å². The number of aryl methyl sites for hydroxylation is 1. The fraction of sp³-hybridized carbons (Fsp3) is 0.389. The minimum Gasteiger partial charge on any atom is -0.192 e. The van der Waals surface area contributed by atoms with Crippen molar-refractivity contribution in [2.24, 2.45) is 0 Å². The second-order valence-electron chi connectivity index (χ2n) is 5.17. The van der Waals surface area contributed by atoms with E-state index in [9.17, 15) is 0 Å². The molecule has 0 aliphatic carbocycles. The van der Waals surface area contributed by atoms with Gasteiger partial charge in [0.1, 0.15) is 0 Å². The van der Waals surface area contributed by atoms with E-state index in [1.807, 2.05) is 12.1 Å². The van der Waals surface area contributed by atoms with E-state index in [2.05, 4.69) is 37.3 Å². The Kier molecular flexibility index (Phi) is 4.98. The van der Waals surface area contributed by atoms with E-state index in [1.54, 1.807) is 0 Å². The topological polar surface area (TPSA) is 23.8 Å². The summed E-state index contributed by atoms with van der Waals surface area (Å²) in [7, 11) is 0. The summed E-state index contributed by atoms with van der Waals surface area (Å²) < 4.78 is 0. The molecule has 0 unspecified atom stereocenters. The van der Waals surface area contributed by atoms with Gasteiger partial charge in [-0.1, -0.05) is 56.9 Å². The largest absolute Gasteiger partial charge is 0.192 e. The maximum atomic E-state index is 8.89. The van der Waals surface area contributed by atoms with E-state index >= 15 is 0 Å². The maximum Gasteiger partial charge on any atom is 0.0991 e. The van der Waals surface area contributed by atoms with Crippen molar-refractivity contribution in [1.82, 2.24) is 0 Å². The first-order valence-electron chi connectivity index (χ1n) is 7.26. The molecule has 0 saturated heterocycles. The SMILES string of the molecule is CCCCCCCc1ccc2cc(C#N)ccc2c1. The van der Waals surface area contributed by atoms with Crippen molar-refractivity contribution in [2.45, 2.75) is 45.4 Å². The molecule has 98 valence electrons. The molecule has 2 rings (SSSR count). The molecule has 0 aliphatic rings. The van der Waals surface area contributed by atoms with Crippen molar-refractivity contribution < 1.29 is 0 Å². The molecule has 1 nitrogen and oxygen atoms in total. The molecule has 0 atom stereocenters. The Morgan fingerprint density at radius 1 is 0.895 bits per heavy atom. The molecule has 0 saturated carbocycles. The Labute approximate surface area is 115 Å². The first-order chi connectivity index (χ1) is 9.33. The molecule has 2 aromatic carbocycles. The molecule has 0 aromatic heterocycles. The number of nitriles is 1. The highest BCUT2D eigenvalue weighted by Crippen LogP contribution is 2.19. The fourth-order valence-corrected chi connectivity index (χ4v) is 2.45. The van der Waals surface area contributed by atoms with Crippen molar-refractivity contribution >= 4 is 10.8 Å². The summed E-state index contributed by atoms with van der Waals surface area (Å²) in [5.74, 6) is 0.